The number of hydrogen-bond acceptors (Lipinski definition) is 4. The predicted octanol–water partition coefficient (Wildman–Crippen LogP) is 4.20. The monoisotopic (exact) mass is 406 g/mol. The van der Waals surface area contributed by atoms with Crippen molar-refractivity contribution in [1.29, 1.82) is 0 Å². The first-order chi connectivity index (χ1) is 12.0. The van der Waals surface area contributed by atoms with Crippen LogP contribution in [0, 0.1) is 11.3 Å². The highest BCUT2D eigenvalue weighted by molar-refractivity contribution is 9.11. The molecule has 5 heteroatoms. The molecule has 1 aromatic rings. The zero-order valence-electron chi connectivity index (χ0n) is 14.6. The first kappa shape index (κ1) is 19.4. The maximum Gasteiger partial charge on any atom is 0.323 e. The molecule has 4 nitrogen and oxygen atoms in total. The van der Waals surface area contributed by atoms with Gasteiger partial charge in [-0.2, -0.15) is 0 Å². The number of aryl methyl sites for hydroxylation is 1. The van der Waals surface area contributed by atoms with Crippen LogP contribution in [0.4, 0.5) is 0 Å². The molecule has 0 amide bonds. The van der Waals surface area contributed by atoms with Gasteiger partial charge in [-0.3, -0.25) is 9.59 Å². The van der Waals surface area contributed by atoms with Crippen molar-refractivity contribution in [3.8, 4) is 0 Å². The van der Waals surface area contributed by atoms with Crippen LogP contribution in [0.25, 0.3) is 0 Å². The van der Waals surface area contributed by atoms with Gasteiger partial charge in [0, 0.05) is 5.92 Å². The van der Waals surface area contributed by atoms with E-state index in [4.69, 9.17) is 9.47 Å². The number of carbonyl (C=O) groups excluding carboxylic acids is 2. The minimum atomic E-state index is -1.29. The summed E-state index contributed by atoms with van der Waals surface area (Å²) >= 11 is 3.66. The molecule has 0 radical (unpaired) electrons. The standard InChI is InChI=1S/C20H23BrO4/c1-4-15-12-20(18(22)24-2,19(23)25-3)13-16(15)17(21)11-10-14-8-6-5-7-9-14/h4-9,15H,1,10-13H2,2-3H3/b17-16-. The minimum Gasteiger partial charge on any atom is -0.468 e. The molecule has 0 spiro atoms. The number of benzene rings is 1. The Morgan fingerprint density at radius 2 is 1.84 bits per heavy atom. The molecular formula is C20H23BrO4. The van der Waals surface area contributed by atoms with Gasteiger partial charge in [0.05, 0.1) is 14.2 Å². The summed E-state index contributed by atoms with van der Waals surface area (Å²) in [5.74, 6) is -1.17. The van der Waals surface area contributed by atoms with Crippen LogP contribution in [0.5, 0.6) is 0 Å². The molecule has 134 valence electrons. The Morgan fingerprint density at radius 1 is 1.24 bits per heavy atom. The summed E-state index contributed by atoms with van der Waals surface area (Å²) in [6.07, 6.45) is 4.07. The molecular weight excluding hydrogens is 384 g/mol. The van der Waals surface area contributed by atoms with Crippen LogP contribution in [0.3, 0.4) is 0 Å². The average Bonchev–Trinajstić information content (AvgIpc) is 3.06. The second-order valence-corrected chi connectivity index (χ2v) is 7.16. The van der Waals surface area contributed by atoms with E-state index < -0.39 is 17.4 Å². The third-order valence-electron chi connectivity index (χ3n) is 4.77. The summed E-state index contributed by atoms with van der Waals surface area (Å²) in [7, 11) is 2.59. The molecule has 0 aromatic heterocycles. The van der Waals surface area contributed by atoms with Crippen LogP contribution in [0.15, 0.2) is 53.0 Å². The van der Waals surface area contributed by atoms with Crippen molar-refractivity contribution in [2.75, 3.05) is 14.2 Å². The van der Waals surface area contributed by atoms with E-state index in [1.165, 1.54) is 19.8 Å². The van der Waals surface area contributed by atoms with Crippen molar-refractivity contribution in [3.05, 3.63) is 58.6 Å². The van der Waals surface area contributed by atoms with Crippen molar-refractivity contribution >= 4 is 27.9 Å². The van der Waals surface area contributed by atoms with E-state index in [0.29, 0.717) is 12.8 Å². The fourth-order valence-corrected chi connectivity index (χ4v) is 4.03. The van der Waals surface area contributed by atoms with Gasteiger partial charge in [-0.25, -0.2) is 0 Å². The van der Waals surface area contributed by atoms with Crippen LogP contribution >= 0.6 is 15.9 Å². The molecule has 0 N–H and O–H groups in total. The second-order valence-electron chi connectivity index (χ2n) is 6.20. The van der Waals surface area contributed by atoms with Crippen molar-refractivity contribution in [3.63, 3.8) is 0 Å². The Morgan fingerprint density at radius 3 is 2.36 bits per heavy atom. The van der Waals surface area contributed by atoms with E-state index in [9.17, 15) is 9.59 Å². The van der Waals surface area contributed by atoms with E-state index >= 15 is 0 Å². The lowest BCUT2D eigenvalue weighted by molar-refractivity contribution is -0.168. The summed E-state index contributed by atoms with van der Waals surface area (Å²) in [5.41, 5.74) is 0.964. The number of methoxy groups -OCH3 is 2. The number of ether oxygens (including phenoxy) is 2. The van der Waals surface area contributed by atoms with Gasteiger partial charge in [0.25, 0.3) is 0 Å². The predicted molar refractivity (Wildman–Crippen MR) is 100 cm³/mol. The second kappa shape index (κ2) is 8.48. The van der Waals surface area contributed by atoms with E-state index in [-0.39, 0.29) is 5.92 Å². The summed E-state index contributed by atoms with van der Waals surface area (Å²) in [6.45, 7) is 3.87. The third-order valence-corrected chi connectivity index (χ3v) is 5.68. The molecule has 0 bridgehead atoms. The summed E-state index contributed by atoms with van der Waals surface area (Å²) in [4.78, 5) is 24.7. The summed E-state index contributed by atoms with van der Waals surface area (Å²) in [5, 5.41) is 0. The molecule has 0 heterocycles. The van der Waals surface area contributed by atoms with Gasteiger partial charge in [-0.1, -0.05) is 57.9 Å². The average molecular weight is 407 g/mol. The van der Waals surface area contributed by atoms with Gasteiger partial charge >= 0.3 is 11.9 Å². The Labute approximate surface area is 157 Å². The van der Waals surface area contributed by atoms with Gasteiger partial charge in [0.15, 0.2) is 5.41 Å². The number of esters is 2. The highest BCUT2D eigenvalue weighted by Gasteiger charge is 2.55. The fraction of sp³-hybridized carbons (Fsp3) is 0.400. The van der Waals surface area contributed by atoms with Gasteiger partial charge in [-0.05, 0) is 35.7 Å². The lowest BCUT2D eigenvalue weighted by Gasteiger charge is -2.22. The number of hydrogen-bond donors (Lipinski definition) is 0. The maximum atomic E-state index is 12.4. The normalized spacial score (nSPS) is 20.7. The number of carbonyl (C=O) groups is 2. The lowest BCUT2D eigenvalue weighted by Crippen LogP contribution is -2.39. The van der Waals surface area contributed by atoms with E-state index in [1.807, 2.05) is 18.2 Å². The zero-order valence-corrected chi connectivity index (χ0v) is 16.2. The Balaban J connectivity index is 2.28. The Hall–Kier alpha value is -1.88. The Kier molecular flexibility index (Phi) is 6.59. The molecule has 1 aliphatic carbocycles. The third kappa shape index (κ3) is 4.03. The minimum absolute atomic E-state index is 0.0663. The highest BCUT2D eigenvalue weighted by atomic mass is 79.9. The smallest absolute Gasteiger partial charge is 0.323 e. The van der Waals surface area contributed by atoms with Crippen LogP contribution in [0.1, 0.15) is 24.8 Å². The van der Waals surface area contributed by atoms with Crippen LogP contribution < -0.4 is 0 Å². The number of allylic oxidation sites excluding steroid dienone is 3. The summed E-state index contributed by atoms with van der Waals surface area (Å²) in [6, 6.07) is 10.2. The van der Waals surface area contributed by atoms with Crippen LogP contribution in [0.2, 0.25) is 0 Å². The van der Waals surface area contributed by atoms with Crippen molar-refractivity contribution in [2.45, 2.75) is 25.7 Å². The molecule has 1 aliphatic rings. The Bertz CT molecular complexity index is 662. The molecule has 0 saturated heterocycles. The van der Waals surface area contributed by atoms with Crippen LogP contribution in [-0.2, 0) is 25.5 Å². The lowest BCUT2D eigenvalue weighted by atomic mass is 9.85. The highest BCUT2D eigenvalue weighted by Crippen LogP contribution is 2.50. The van der Waals surface area contributed by atoms with E-state index in [2.05, 4.69) is 34.6 Å². The molecule has 1 fully saturated rings. The maximum absolute atomic E-state index is 12.4. The SMILES string of the molecule is C=CC1CC(C(=O)OC)(C(=O)OC)C/C1=C(/Br)CCc1ccccc1. The van der Waals surface area contributed by atoms with E-state index in [1.54, 1.807) is 6.08 Å². The van der Waals surface area contributed by atoms with Gasteiger partial charge < -0.3 is 9.47 Å². The first-order valence-corrected chi connectivity index (χ1v) is 8.98. The zero-order chi connectivity index (χ0) is 18.4. The summed E-state index contributed by atoms with van der Waals surface area (Å²) < 4.78 is 10.8. The van der Waals surface area contributed by atoms with Gasteiger partial charge in [-0.15, -0.1) is 6.58 Å². The number of rotatable bonds is 6. The molecule has 1 saturated carbocycles. The van der Waals surface area contributed by atoms with E-state index in [0.717, 1.165) is 22.9 Å². The quantitative estimate of drug-likeness (QED) is 0.403. The molecule has 1 aromatic carbocycles. The number of halogens is 1. The fourth-order valence-electron chi connectivity index (χ4n) is 3.39. The van der Waals surface area contributed by atoms with Crippen molar-refractivity contribution in [2.24, 2.45) is 11.3 Å². The van der Waals surface area contributed by atoms with Gasteiger partial charge in [0.1, 0.15) is 0 Å². The first-order valence-electron chi connectivity index (χ1n) is 8.19. The molecule has 1 atom stereocenters. The largest absolute Gasteiger partial charge is 0.468 e. The van der Waals surface area contributed by atoms with Gasteiger partial charge in [0.2, 0.25) is 0 Å². The molecule has 0 aliphatic heterocycles. The van der Waals surface area contributed by atoms with Crippen molar-refractivity contribution in [1.82, 2.24) is 0 Å². The molecule has 2 rings (SSSR count). The molecule has 25 heavy (non-hydrogen) atoms. The van der Waals surface area contributed by atoms with Crippen molar-refractivity contribution < 1.29 is 19.1 Å². The topological polar surface area (TPSA) is 52.6 Å². The van der Waals surface area contributed by atoms with Crippen LogP contribution in [-0.4, -0.2) is 26.2 Å². The molecule has 1 unspecified atom stereocenters.